The number of esters is 1. The Morgan fingerprint density at radius 1 is 0.934 bits per heavy atom. The number of carbonyl (C=O) groups is 9. The van der Waals surface area contributed by atoms with Crippen molar-refractivity contribution in [3.05, 3.63) is 82.4 Å². The van der Waals surface area contributed by atoms with E-state index in [1.54, 1.807) is 50.5 Å². The van der Waals surface area contributed by atoms with E-state index < -0.39 is 108 Å². The van der Waals surface area contributed by atoms with Crippen LogP contribution in [0, 0.1) is 5.92 Å². The van der Waals surface area contributed by atoms with E-state index in [0.717, 1.165) is 41.7 Å². The molecule has 4 aliphatic rings. The summed E-state index contributed by atoms with van der Waals surface area (Å²) in [6.45, 7) is 6.18. The Kier molecular flexibility index (Phi) is 26.8. The molecule has 2 aromatic carbocycles. The van der Waals surface area contributed by atoms with Crippen molar-refractivity contribution in [2.45, 2.75) is 146 Å². The van der Waals surface area contributed by atoms with Crippen molar-refractivity contribution in [1.82, 2.24) is 25.3 Å². The van der Waals surface area contributed by atoms with Crippen molar-refractivity contribution in [1.29, 1.82) is 0 Å². The number of benzene rings is 2. The Bertz CT molecular complexity index is 3060. The lowest BCUT2D eigenvalue weighted by atomic mass is 9.83. The average Bonchev–Trinajstić information content (AvgIpc) is 1.60. The van der Waals surface area contributed by atoms with Gasteiger partial charge in [-0.2, -0.15) is 11.8 Å². The second kappa shape index (κ2) is 33.6. The molecule has 0 saturated carbocycles. The molecule has 0 aromatic heterocycles. The first-order valence-electron chi connectivity index (χ1n) is 30.1. The Hall–Kier alpha value is -7.59. The lowest BCUT2D eigenvalue weighted by Gasteiger charge is -2.42. The number of hydrogen-bond donors (Lipinski definition) is 5. The van der Waals surface area contributed by atoms with E-state index >= 15 is 0 Å². The number of nitrogens with one attached hydrogen (secondary N) is 4. The van der Waals surface area contributed by atoms with Gasteiger partial charge in [-0.25, -0.2) is 24.0 Å². The fourth-order valence-electron chi connectivity index (χ4n) is 10.6. The van der Waals surface area contributed by atoms with Gasteiger partial charge < -0.3 is 73.2 Å². The molecular weight excluding hydrogens is 1220 g/mol. The third-order valence-corrected chi connectivity index (χ3v) is 17.3. The highest BCUT2D eigenvalue weighted by atomic mass is 35.5. The predicted octanol–water partition coefficient (Wildman–Crippen LogP) is 7.49. The molecule has 0 radical (unpaired) electrons. The van der Waals surface area contributed by atoms with Crippen LogP contribution in [-0.2, 0) is 70.2 Å². The number of allylic oxidation sites excluding steroid dienone is 4. The molecule has 5 N–H and O–H groups in total. The number of anilines is 3. The van der Waals surface area contributed by atoms with Crippen LogP contribution in [0.4, 0.5) is 36.2 Å². The van der Waals surface area contributed by atoms with Crippen molar-refractivity contribution >= 4 is 94.4 Å². The number of alkyl carbamates (subject to hydrolysis) is 1. The number of halogens is 1. The van der Waals surface area contributed by atoms with E-state index in [4.69, 9.17) is 49.5 Å². The van der Waals surface area contributed by atoms with Gasteiger partial charge in [0.1, 0.15) is 60.0 Å². The smallest absolute Gasteiger partial charge is 0.412 e. The Morgan fingerprint density at radius 2 is 1.66 bits per heavy atom. The summed E-state index contributed by atoms with van der Waals surface area (Å²) in [7, 11) is 8.65. The van der Waals surface area contributed by atoms with Crippen LogP contribution in [0.25, 0.3) is 0 Å². The molecule has 0 spiro atoms. The molecule has 91 heavy (non-hydrogen) atoms. The van der Waals surface area contributed by atoms with E-state index in [9.17, 15) is 48.3 Å². The zero-order chi connectivity index (χ0) is 66.7. The maximum atomic E-state index is 14.4. The zero-order valence-electron chi connectivity index (χ0n) is 53.6. The number of ether oxygens (including phenoxy) is 8. The summed E-state index contributed by atoms with van der Waals surface area (Å²) in [4.78, 5) is 124. The molecule has 9 atom stereocenters. The number of carbonyl (C=O) groups excluding carboxylic acids is 9. The second-order valence-electron chi connectivity index (χ2n) is 23.3. The second-order valence-corrected chi connectivity index (χ2v) is 24.5. The lowest BCUT2D eigenvalue weighted by molar-refractivity contribution is -0.162. The zero-order valence-corrected chi connectivity index (χ0v) is 55.2. The summed E-state index contributed by atoms with van der Waals surface area (Å²) < 4.78 is 46.0. The highest BCUT2D eigenvalue weighted by Gasteiger charge is 2.64. The van der Waals surface area contributed by atoms with E-state index in [0.29, 0.717) is 29.8 Å². The van der Waals surface area contributed by atoms with Gasteiger partial charge in [0, 0.05) is 73.7 Å². The molecule has 3 heterocycles. The van der Waals surface area contributed by atoms with Crippen LogP contribution < -0.4 is 30.9 Å². The molecule has 2 unspecified atom stereocenters. The average molecular weight is 1310 g/mol. The minimum absolute atomic E-state index is 0.00298. The van der Waals surface area contributed by atoms with E-state index in [1.165, 1.54) is 87.9 Å². The van der Waals surface area contributed by atoms with Crippen LogP contribution in [-0.4, -0.2) is 202 Å². The number of nitrogens with zero attached hydrogens (tertiary/aromatic N) is 4. The topological polar surface area (TPSA) is 312 Å². The van der Waals surface area contributed by atoms with Gasteiger partial charge in [-0.1, -0.05) is 60.9 Å². The molecule has 4 bridgehead atoms. The highest BCUT2D eigenvalue weighted by molar-refractivity contribution is 7.99. The van der Waals surface area contributed by atoms with Crippen LogP contribution in [0.15, 0.2) is 66.3 Å². The number of likely N-dealkylation sites (N-methyl/N-ethyl adjacent to an activating group) is 3. The molecule has 1 aliphatic carbocycles. The van der Waals surface area contributed by atoms with Gasteiger partial charge in [0.15, 0.2) is 5.72 Å². The first kappa shape index (κ1) is 72.5. The molecule has 26 nitrogen and oxygen atoms in total. The van der Waals surface area contributed by atoms with Crippen molar-refractivity contribution < 1.29 is 86.2 Å². The number of amides is 8. The van der Waals surface area contributed by atoms with Gasteiger partial charge in [-0.15, -0.1) is 0 Å². The van der Waals surface area contributed by atoms with Crippen molar-refractivity contribution in [2.75, 3.05) is 96.2 Å². The van der Waals surface area contributed by atoms with Crippen LogP contribution in [0.1, 0.15) is 96.6 Å². The van der Waals surface area contributed by atoms with Gasteiger partial charge in [-0.05, 0) is 101 Å². The Morgan fingerprint density at radius 3 is 2.36 bits per heavy atom. The van der Waals surface area contributed by atoms with Crippen LogP contribution >= 0.6 is 23.4 Å². The Balaban J connectivity index is 1.03. The summed E-state index contributed by atoms with van der Waals surface area (Å²) in [6, 6.07) is 6.95. The van der Waals surface area contributed by atoms with Crippen LogP contribution in [0.3, 0.4) is 0 Å². The Labute approximate surface area is 540 Å². The van der Waals surface area contributed by atoms with Crippen molar-refractivity contribution in [3.8, 4) is 5.75 Å². The van der Waals surface area contributed by atoms with E-state index in [2.05, 4.69) is 21.3 Å². The minimum atomic E-state index is -1.91. The number of thioether (sulfide) groups is 1. The molecule has 2 fully saturated rings. The maximum Gasteiger partial charge on any atom is 0.412 e. The largest absolute Gasteiger partial charge is 0.495 e. The summed E-state index contributed by atoms with van der Waals surface area (Å²) in [5.74, 6) is -2.75. The maximum absolute atomic E-state index is 14.4. The molecular formula is C63H87ClN8O18S. The van der Waals surface area contributed by atoms with Gasteiger partial charge in [-0.3, -0.25) is 29.8 Å². The summed E-state index contributed by atoms with van der Waals surface area (Å²) in [5, 5.41) is 22.7. The molecule has 3 aliphatic heterocycles. The molecule has 500 valence electrons. The summed E-state index contributed by atoms with van der Waals surface area (Å²) in [6.07, 6.45) is 7.21. The van der Waals surface area contributed by atoms with Crippen molar-refractivity contribution in [2.24, 2.45) is 5.92 Å². The number of methoxy groups -OCH3 is 2. The number of hydrogen-bond acceptors (Lipinski definition) is 19. The third-order valence-electron chi connectivity index (χ3n) is 16.3. The molecule has 8 amide bonds. The number of aliphatic hydroxyl groups is 1. The first-order valence-corrected chi connectivity index (χ1v) is 31.9. The van der Waals surface area contributed by atoms with Gasteiger partial charge in [0.2, 0.25) is 23.6 Å². The van der Waals surface area contributed by atoms with Gasteiger partial charge in [0.25, 0.3) is 0 Å². The first-order chi connectivity index (χ1) is 43.2. The molecule has 6 rings (SSSR count). The van der Waals surface area contributed by atoms with Crippen LogP contribution in [0.5, 0.6) is 5.75 Å². The molecule has 28 heteroatoms. The predicted molar refractivity (Wildman–Crippen MR) is 340 cm³/mol. The van der Waals surface area contributed by atoms with Crippen molar-refractivity contribution in [3.63, 3.8) is 0 Å². The fourth-order valence-corrected chi connectivity index (χ4v) is 11.3. The van der Waals surface area contributed by atoms with Crippen LogP contribution in [0.2, 0.25) is 5.02 Å². The minimum Gasteiger partial charge on any atom is -0.495 e. The highest BCUT2D eigenvalue weighted by Crippen LogP contribution is 2.49. The van der Waals surface area contributed by atoms with E-state index in [-0.39, 0.29) is 80.2 Å². The standard InChI is InChI=1S/C63H87ClN8O18S/c1-38-18-17-21-49(84-10)63(82)35-48(88-59(79)68-63)39(2)56-62(4,90-56)50(34-54(76)72(8)46-32-42(30-38)33-47(83-9)55(46)64)89-57(77)40(3)71(7)53(75)25-29-85-60(80)69(5)27-28-70(6)61(81)86-36-41-22-23-44(67-58(78)87-43-19-15-13-12-14-16-20-43)45(31-41)66-51(73)24-26-65-52(74)37-91-11/h15,17-19,21-23,31-33,39-40,43,48-50,56,82H,12-14,16,20,24-30,34-37H2,1-11H3,(H,65,74)(H,66,73)(H,67,78)(H,68,79)/b19-15+,21-17+,38-18+/t39-,40+,43?,48+,49-,50+,56+,62?,63+/m1/s1. The summed E-state index contributed by atoms with van der Waals surface area (Å²) >= 11 is 8.18. The molecule has 2 aromatic rings. The van der Waals surface area contributed by atoms with E-state index in [1.807, 2.05) is 25.2 Å². The number of fused-ring (bicyclic) bond motifs is 5. The number of epoxide rings is 1. The quantitative estimate of drug-likeness (QED) is 0.0350. The lowest BCUT2D eigenvalue weighted by Crippen LogP contribution is -2.63. The normalized spacial score (nSPS) is 24.8. The third kappa shape index (κ3) is 20.5. The molecule has 2 saturated heterocycles. The number of rotatable bonds is 21. The SMILES string of the molecule is COc1cc2cc(c1Cl)N(C)C(=O)C[C@H](OC(=O)[C@H](C)N(C)C(=O)CCOC(=O)N(C)CCN(C)C(=O)OCc1ccc(NC(=O)OC3/C=C/CCCCC3)c(NC(=O)CCNC(=O)CSC)c1)C1(C)O[C@H]1[C@H](C)[C@@H]1C[C@@](O)(NC(=O)O1)[C@H](OC)/C=C/C=C(\C)C2. The monoisotopic (exact) mass is 1310 g/mol. The van der Waals surface area contributed by atoms with Gasteiger partial charge >= 0.3 is 30.3 Å². The fraction of sp³-hybridized carbons (Fsp3) is 0.571. The summed E-state index contributed by atoms with van der Waals surface area (Å²) in [5.41, 5.74) is -0.429. The van der Waals surface area contributed by atoms with Gasteiger partial charge in [0.05, 0.1) is 48.9 Å².